The van der Waals surface area contributed by atoms with Crippen molar-refractivity contribution in [1.29, 1.82) is 0 Å². The first-order chi connectivity index (χ1) is 12.8. The van der Waals surface area contributed by atoms with Crippen LogP contribution in [-0.2, 0) is 10.2 Å². The van der Waals surface area contributed by atoms with Gasteiger partial charge in [0.1, 0.15) is 0 Å². The molecule has 1 unspecified atom stereocenters. The predicted octanol–water partition coefficient (Wildman–Crippen LogP) is 4.74. The summed E-state index contributed by atoms with van der Waals surface area (Å²) in [5.74, 6) is 0.0761. The minimum Gasteiger partial charge on any atom is -0.349 e. The summed E-state index contributed by atoms with van der Waals surface area (Å²) in [6.45, 7) is 13.1. The van der Waals surface area contributed by atoms with Crippen molar-refractivity contribution < 1.29 is 4.79 Å². The second-order valence-corrected chi connectivity index (χ2v) is 10.0. The van der Waals surface area contributed by atoms with E-state index in [2.05, 4.69) is 54.9 Å². The van der Waals surface area contributed by atoms with Gasteiger partial charge in [-0.1, -0.05) is 50.3 Å². The lowest BCUT2D eigenvalue weighted by Crippen LogP contribution is -2.49. The Morgan fingerprint density at radius 1 is 1.19 bits per heavy atom. The summed E-state index contributed by atoms with van der Waals surface area (Å²) in [5, 5.41) is 3.20. The summed E-state index contributed by atoms with van der Waals surface area (Å²) in [7, 11) is 0. The molecule has 3 nitrogen and oxygen atoms in total. The highest BCUT2D eigenvalue weighted by Gasteiger charge is 2.46. The van der Waals surface area contributed by atoms with E-state index in [1.807, 2.05) is 0 Å². The van der Waals surface area contributed by atoms with Gasteiger partial charge in [0.15, 0.2) is 0 Å². The van der Waals surface area contributed by atoms with Crippen molar-refractivity contribution in [3.63, 3.8) is 0 Å². The van der Waals surface area contributed by atoms with Gasteiger partial charge >= 0.3 is 0 Å². The summed E-state index contributed by atoms with van der Waals surface area (Å²) in [6, 6.07) is 9.62. The molecule has 3 aliphatic rings. The number of hydrogen-bond donors (Lipinski definition) is 1. The van der Waals surface area contributed by atoms with E-state index in [0.29, 0.717) is 11.5 Å². The maximum atomic E-state index is 11.7. The minimum atomic E-state index is 0.0761. The minimum absolute atomic E-state index is 0.0761. The van der Waals surface area contributed by atoms with E-state index in [9.17, 15) is 4.79 Å². The molecule has 1 spiro atoms. The van der Waals surface area contributed by atoms with Gasteiger partial charge < -0.3 is 5.32 Å². The van der Waals surface area contributed by atoms with Crippen molar-refractivity contribution in [1.82, 2.24) is 10.2 Å². The zero-order chi connectivity index (χ0) is 19.2. The molecule has 3 heteroatoms. The first-order valence-electron chi connectivity index (χ1n) is 10.6. The fourth-order valence-electron chi connectivity index (χ4n) is 6.18. The van der Waals surface area contributed by atoms with Crippen LogP contribution in [0.25, 0.3) is 0 Å². The molecule has 1 heterocycles. The standard InChI is InChI=1S/C24H34N2O/c1-17-13-19(15-23(3,4)14-17)26-11-9-24(10-12-26)16-22(25-18(2)27)20-7-5-6-8-21(20)24/h5-8,19,22H,1,9-16H2,2-4H3,(H,25,27)/t19?,22-/m0/s1. The zero-order valence-electron chi connectivity index (χ0n) is 17.2. The number of piperidine rings is 1. The van der Waals surface area contributed by atoms with Gasteiger partial charge in [-0.15, -0.1) is 0 Å². The second kappa shape index (κ2) is 6.77. The van der Waals surface area contributed by atoms with Crippen molar-refractivity contribution in [2.75, 3.05) is 13.1 Å². The summed E-state index contributed by atoms with van der Waals surface area (Å²) >= 11 is 0. The quantitative estimate of drug-likeness (QED) is 0.767. The van der Waals surface area contributed by atoms with E-state index in [-0.39, 0.29) is 17.4 Å². The molecule has 1 aromatic carbocycles. The van der Waals surface area contributed by atoms with E-state index in [4.69, 9.17) is 0 Å². The van der Waals surface area contributed by atoms with E-state index in [1.54, 1.807) is 6.92 Å². The van der Waals surface area contributed by atoms with Crippen LogP contribution in [0.2, 0.25) is 0 Å². The lowest BCUT2D eigenvalue weighted by atomic mass is 9.70. The first kappa shape index (κ1) is 18.7. The molecule has 1 aromatic rings. The van der Waals surface area contributed by atoms with Crippen LogP contribution in [0, 0.1) is 5.41 Å². The number of fused-ring (bicyclic) bond motifs is 2. The molecule has 0 aromatic heterocycles. The maximum Gasteiger partial charge on any atom is 0.217 e. The highest BCUT2D eigenvalue weighted by atomic mass is 16.1. The lowest BCUT2D eigenvalue weighted by Gasteiger charge is -2.47. The number of nitrogens with one attached hydrogen (secondary N) is 1. The van der Waals surface area contributed by atoms with Gasteiger partial charge in [-0.3, -0.25) is 9.69 Å². The van der Waals surface area contributed by atoms with Gasteiger partial charge in [0, 0.05) is 18.4 Å². The zero-order valence-corrected chi connectivity index (χ0v) is 17.2. The number of rotatable bonds is 2. The summed E-state index contributed by atoms with van der Waals surface area (Å²) in [4.78, 5) is 14.4. The maximum absolute atomic E-state index is 11.7. The summed E-state index contributed by atoms with van der Waals surface area (Å²) in [5.41, 5.74) is 4.87. The van der Waals surface area contributed by atoms with Gasteiger partial charge in [0.25, 0.3) is 0 Å². The van der Waals surface area contributed by atoms with Crippen LogP contribution in [0.4, 0.5) is 0 Å². The third-order valence-corrected chi connectivity index (χ3v) is 7.19. The molecule has 2 atom stereocenters. The van der Waals surface area contributed by atoms with Gasteiger partial charge in [-0.2, -0.15) is 0 Å². The predicted molar refractivity (Wildman–Crippen MR) is 111 cm³/mol. The number of carbonyl (C=O) groups is 1. The topological polar surface area (TPSA) is 32.3 Å². The van der Waals surface area contributed by atoms with Crippen molar-refractivity contribution in [3.05, 3.63) is 47.5 Å². The highest BCUT2D eigenvalue weighted by molar-refractivity contribution is 5.73. The average molecular weight is 367 g/mol. The fraction of sp³-hybridized carbons (Fsp3) is 0.625. The molecule has 27 heavy (non-hydrogen) atoms. The molecule has 1 saturated carbocycles. The van der Waals surface area contributed by atoms with Crippen LogP contribution in [0.3, 0.4) is 0 Å². The average Bonchev–Trinajstić information content (AvgIpc) is 2.87. The van der Waals surface area contributed by atoms with Crippen LogP contribution in [0.1, 0.15) is 76.5 Å². The Kier molecular flexibility index (Phi) is 4.70. The number of amides is 1. The number of benzene rings is 1. The molecular formula is C24H34N2O. The Morgan fingerprint density at radius 3 is 2.56 bits per heavy atom. The molecule has 2 aliphatic carbocycles. The molecule has 1 N–H and O–H groups in total. The van der Waals surface area contributed by atoms with Crippen LogP contribution in [-0.4, -0.2) is 29.9 Å². The van der Waals surface area contributed by atoms with E-state index in [1.165, 1.54) is 48.8 Å². The molecular weight excluding hydrogens is 332 g/mol. The number of likely N-dealkylation sites (tertiary alicyclic amines) is 1. The van der Waals surface area contributed by atoms with E-state index >= 15 is 0 Å². The third kappa shape index (κ3) is 3.59. The number of carbonyl (C=O) groups excluding carboxylic acids is 1. The Labute approximate surface area is 164 Å². The van der Waals surface area contributed by atoms with Gasteiger partial charge in [0.2, 0.25) is 5.91 Å². The first-order valence-corrected chi connectivity index (χ1v) is 10.6. The fourth-order valence-corrected chi connectivity index (χ4v) is 6.18. The third-order valence-electron chi connectivity index (χ3n) is 7.19. The van der Waals surface area contributed by atoms with Crippen LogP contribution < -0.4 is 5.32 Å². The Hall–Kier alpha value is -1.61. The highest BCUT2D eigenvalue weighted by Crippen LogP contribution is 2.51. The van der Waals surface area contributed by atoms with Gasteiger partial charge in [0.05, 0.1) is 6.04 Å². The smallest absolute Gasteiger partial charge is 0.217 e. The molecule has 1 aliphatic heterocycles. The second-order valence-electron chi connectivity index (χ2n) is 10.0. The largest absolute Gasteiger partial charge is 0.349 e. The number of hydrogen-bond acceptors (Lipinski definition) is 2. The van der Waals surface area contributed by atoms with E-state index < -0.39 is 0 Å². The molecule has 0 bridgehead atoms. The van der Waals surface area contributed by atoms with Gasteiger partial charge in [-0.05, 0) is 68.2 Å². The molecule has 146 valence electrons. The monoisotopic (exact) mass is 366 g/mol. The summed E-state index contributed by atoms with van der Waals surface area (Å²) in [6.07, 6.45) is 7.08. The van der Waals surface area contributed by atoms with Crippen LogP contribution >= 0.6 is 0 Å². The van der Waals surface area contributed by atoms with Crippen molar-refractivity contribution in [3.8, 4) is 0 Å². The van der Waals surface area contributed by atoms with Crippen molar-refractivity contribution >= 4 is 5.91 Å². The Bertz CT molecular complexity index is 743. The molecule has 2 fully saturated rings. The van der Waals surface area contributed by atoms with Crippen molar-refractivity contribution in [2.45, 2.75) is 76.8 Å². The molecule has 0 radical (unpaired) electrons. The lowest BCUT2D eigenvalue weighted by molar-refractivity contribution is -0.119. The van der Waals surface area contributed by atoms with Gasteiger partial charge in [-0.25, -0.2) is 0 Å². The number of nitrogens with zero attached hydrogens (tertiary/aromatic N) is 1. The Morgan fingerprint density at radius 2 is 1.89 bits per heavy atom. The SMILES string of the molecule is C=C1CC(N2CCC3(CC2)C[C@H](NC(C)=O)c2ccccc23)CC(C)(C)C1. The van der Waals surface area contributed by atoms with Crippen molar-refractivity contribution in [2.24, 2.45) is 5.41 Å². The van der Waals surface area contributed by atoms with Crippen LogP contribution in [0.5, 0.6) is 0 Å². The van der Waals surface area contributed by atoms with E-state index in [0.717, 1.165) is 19.5 Å². The summed E-state index contributed by atoms with van der Waals surface area (Å²) < 4.78 is 0. The molecule has 1 saturated heterocycles. The molecule has 1 amide bonds. The normalized spacial score (nSPS) is 29.5. The molecule has 4 rings (SSSR count). The Balaban J connectivity index is 1.50. The van der Waals surface area contributed by atoms with Crippen LogP contribution in [0.15, 0.2) is 36.4 Å².